The number of hydrogen-bond acceptors (Lipinski definition) is 2. The van der Waals surface area contributed by atoms with Crippen LogP contribution in [-0.2, 0) is 4.79 Å². The van der Waals surface area contributed by atoms with E-state index in [9.17, 15) is 15.0 Å². The molecule has 2 fully saturated rings. The highest BCUT2D eigenvalue weighted by molar-refractivity contribution is 5.76. The van der Waals surface area contributed by atoms with Gasteiger partial charge in [-0.15, -0.1) is 0 Å². The number of aliphatic hydroxyl groups is 1. The van der Waals surface area contributed by atoms with Crippen LogP contribution < -0.4 is 0 Å². The molecule has 15 heavy (non-hydrogen) atoms. The van der Waals surface area contributed by atoms with Crippen LogP contribution in [0.1, 0.15) is 51.9 Å². The largest absolute Gasteiger partial charge is 0.481 e. The molecule has 0 heterocycles. The summed E-state index contributed by atoms with van der Waals surface area (Å²) < 4.78 is 0. The zero-order chi connectivity index (χ0) is 11.1. The molecule has 0 amide bonds. The van der Waals surface area contributed by atoms with Crippen molar-refractivity contribution in [1.82, 2.24) is 0 Å². The molecule has 2 saturated carbocycles. The van der Waals surface area contributed by atoms with E-state index < -0.39 is 17.0 Å². The van der Waals surface area contributed by atoms with Crippen LogP contribution in [0.15, 0.2) is 0 Å². The molecule has 2 aliphatic carbocycles. The molecule has 0 aliphatic heterocycles. The highest BCUT2D eigenvalue weighted by Gasteiger charge is 2.59. The Morgan fingerprint density at radius 2 is 1.93 bits per heavy atom. The Balaban J connectivity index is 2.27. The molecule has 86 valence electrons. The molecular formula is C12H20O3. The van der Waals surface area contributed by atoms with Crippen LogP contribution in [0.3, 0.4) is 0 Å². The zero-order valence-electron chi connectivity index (χ0n) is 9.33. The number of aliphatic carboxylic acids is 1. The molecule has 2 rings (SSSR count). The highest BCUT2D eigenvalue weighted by atomic mass is 16.4. The van der Waals surface area contributed by atoms with Crippen molar-refractivity contribution in [3.8, 4) is 0 Å². The second kappa shape index (κ2) is 3.48. The van der Waals surface area contributed by atoms with E-state index in [1.807, 2.05) is 0 Å². The van der Waals surface area contributed by atoms with Gasteiger partial charge in [-0.3, -0.25) is 4.79 Å². The summed E-state index contributed by atoms with van der Waals surface area (Å²) in [5.74, 6) is -0.351. The lowest BCUT2D eigenvalue weighted by molar-refractivity contribution is -0.194. The maximum Gasteiger partial charge on any atom is 0.312 e. The summed E-state index contributed by atoms with van der Waals surface area (Å²) in [6.07, 6.45) is 5.67. The van der Waals surface area contributed by atoms with Crippen LogP contribution in [0, 0.1) is 11.3 Å². The van der Waals surface area contributed by atoms with Gasteiger partial charge in [-0.1, -0.05) is 19.8 Å². The maximum absolute atomic E-state index is 11.5. The van der Waals surface area contributed by atoms with Crippen molar-refractivity contribution in [3.63, 3.8) is 0 Å². The number of carboxylic acids is 1. The molecule has 0 bridgehead atoms. The van der Waals surface area contributed by atoms with Crippen molar-refractivity contribution < 1.29 is 15.0 Å². The number of rotatable bonds is 2. The van der Waals surface area contributed by atoms with E-state index in [1.165, 1.54) is 0 Å². The van der Waals surface area contributed by atoms with Gasteiger partial charge in [0.2, 0.25) is 0 Å². The minimum Gasteiger partial charge on any atom is -0.481 e. The van der Waals surface area contributed by atoms with Crippen LogP contribution in [0.25, 0.3) is 0 Å². The number of carboxylic acid groups (broad SMARTS) is 1. The zero-order valence-corrected chi connectivity index (χ0v) is 9.33. The van der Waals surface area contributed by atoms with Gasteiger partial charge in [0, 0.05) is 0 Å². The van der Waals surface area contributed by atoms with Crippen molar-refractivity contribution in [2.75, 3.05) is 0 Å². The summed E-state index contributed by atoms with van der Waals surface area (Å²) in [6, 6.07) is 0. The van der Waals surface area contributed by atoms with Crippen LogP contribution >= 0.6 is 0 Å². The van der Waals surface area contributed by atoms with Crippen LogP contribution in [0.5, 0.6) is 0 Å². The summed E-state index contributed by atoms with van der Waals surface area (Å²) in [6.45, 7) is 2.10. The molecule has 2 aliphatic rings. The van der Waals surface area contributed by atoms with E-state index in [0.717, 1.165) is 19.3 Å². The minimum atomic E-state index is -0.909. The Morgan fingerprint density at radius 1 is 1.27 bits per heavy atom. The van der Waals surface area contributed by atoms with E-state index in [4.69, 9.17) is 0 Å². The summed E-state index contributed by atoms with van der Waals surface area (Å²) in [4.78, 5) is 11.5. The Morgan fingerprint density at radius 3 is 2.33 bits per heavy atom. The fraction of sp³-hybridized carbons (Fsp3) is 0.917. The van der Waals surface area contributed by atoms with E-state index in [2.05, 4.69) is 6.92 Å². The molecule has 0 aromatic heterocycles. The van der Waals surface area contributed by atoms with Crippen molar-refractivity contribution in [1.29, 1.82) is 0 Å². The molecule has 3 heteroatoms. The summed E-state index contributed by atoms with van der Waals surface area (Å²) in [5.41, 5.74) is -1.75. The lowest BCUT2D eigenvalue weighted by Crippen LogP contribution is -2.59. The van der Waals surface area contributed by atoms with Gasteiger partial charge in [0.25, 0.3) is 0 Å². The van der Waals surface area contributed by atoms with Crippen LogP contribution in [-0.4, -0.2) is 21.8 Å². The van der Waals surface area contributed by atoms with Gasteiger partial charge < -0.3 is 10.2 Å². The predicted molar refractivity (Wildman–Crippen MR) is 56.5 cm³/mol. The normalized spacial score (nSPS) is 39.5. The van der Waals surface area contributed by atoms with E-state index in [1.54, 1.807) is 0 Å². The van der Waals surface area contributed by atoms with Crippen molar-refractivity contribution >= 4 is 5.97 Å². The van der Waals surface area contributed by atoms with Gasteiger partial charge in [0.1, 0.15) is 0 Å². The Bertz CT molecular complexity index is 270. The minimum absolute atomic E-state index is 0.430. The lowest BCUT2D eigenvalue weighted by Gasteiger charge is -2.52. The average Bonchev–Trinajstić information content (AvgIpc) is 2.13. The van der Waals surface area contributed by atoms with Crippen molar-refractivity contribution in [2.45, 2.75) is 57.5 Å². The van der Waals surface area contributed by atoms with Gasteiger partial charge >= 0.3 is 5.97 Å². The third-order valence-electron chi connectivity index (χ3n) is 4.48. The fourth-order valence-corrected chi connectivity index (χ4v) is 3.36. The Labute approximate surface area is 90.5 Å². The molecule has 0 aromatic carbocycles. The quantitative estimate of drug-likeness (QED) is 0.737. The van der Waals surface area contributed by atoms with Crippen molar-refractivity contribution in [3.05, 3.63) is 0 Å². The van der Waals surface area contributed by atoms with E-state index in [-0.39, 0.29) is 0 Å². The highest BCUT2D eigenvalue weighted by Crippen LogP contribution is 2.54. The SMILES string of the molecule is CC1CCCC(C(=O)O)(C2(O)CCC2)C1. The maximum atomic E-state index is 11.5. The molecule has 0 saturated heterocycles. The average molecular weight is 212 g/mol. The molecular weight excluding hydrogens is 192 g/mol. The molecule has 3 nitrogen and oxygen atoms in total. The molecule has 0 spiro atoms. The topological polar surface area (TPSA) is 57.5 Å². The van der Waals surface area contributed by atoms with Gasteiger partial charge in [-0.05, 0) is 38.0 Å². The van der Waals surface area contributed by atoms with Crippen LogP contribution in [0.4, 0.5) is 0 Å². The lowest BCUT2D eigenvalue weighted by atomic mass is 9.54. The predicted octanol–water partition coefficient (Wildman–Crippen LogP) is 2.18. The van der Waals surface area contributed by atoms with Gasteiger partial charge in [-0.2, -0.15) is 0 Å². The third kappa shape index (κ3) is 1.48. The van der Waals surface area contributed by atoms with E-state index >= 15 is 0 Å². The number of carbonyl (C=O) groups is 1. The first-order valence-electron chi connectivity index (χ1n) is 5.96. The Kier molecular flexibility index (Phi) is 2.53. The first kappa shape index (κ1) is 10.9. The molecule has 2 atom stereocenters. The second-order valence-corrected chi connectivity index (χ2v) is 5.47. The molecule has 2 unspecified atom stereocenters. The van der Waals surface area contributed by atoms with E-state index in [0.29, 0.717) is 31.6 Å². The Hall–Kier alpha value is -0.570. The molecule has 0 radical (unpaired) electrons. The van der Waals surface area contributed by atoms with Gasteiger partial charge in [0.15, 0.2) is 0 Å². The smallest absolute Gasteiger partial charge is 0.312 e. The van der Waals surface area contributed by atoms with Gasteiger partial charge in [0.05, 0.1) is 11.0 Å². The summed E-state index contributed by atoms with van der Waals surface area (Å²) in [7, 11) is 0. The van der Waals surface area contributed by atoms with Crippen LogP contribution in [0.2, 0.25) is 0 Å². The first-order valence-corrected chi connectivity index (χ1v) is 5.96. The first-order chi connectivity index (χ1) is 7.00. The molecule has 2 N–H and O–H groups in total. The summed E-state index contributed by atoms with van der Waals surface area (Å²) >= 11 is 0. The third-order valence-corrected chi connectivity index (χ3v) is 4.48. The summed E-state index contributed by atoms with van der Waals surface area (Å²) in [5, 5.41) is 19.8. The number of hydrogen-bond donors (Lipinski definition) is 2. The standard InChI is InChI=1S/C12H20O3/c1-9-4-2-5-11(8-9,10(13)14)12(15)6-3-7-12/h9,15H,2-8H2,1H3,(H,13,14). The molecule has 0 aromatic rings. The van der Waals surface area contributed by atoms with Crippen molar-refractivity contribution in [2.24, 2.45) is 11.3 Å². The second-order valence-electron chi connectivity index (χ2n) is 5.47. The monoisotopic (exact) mass is 212 g/mol. The fourth-order valence-electron chi connectivity index (χ4n) is 3.36. The van der Waals surface area contributed by atoms with Gasteiger partial charge in [-0.25, -0.2) is 0 Å².